The average molecular weight is 400 g/mol. The van der Waals surface area contributed by atoms with Crippen LogP contribution in [0.5, 0.6) is 0 Å². The number of dihydropyridines is 1. The number of nitrogens with one attached hydrogen (secondary N) is 1. The van der Waals surface area contributed by atoms with E-state index in [9.17, 15) is 9.59 Å². The van der Waals surface area contributed by atoms with Crippen LogP contribution in [0.1, 0.15) is 49.0 Å². The van der Waals surface area contributed by atoms with Gasteiger partial charge in [0.2, 0.25) is 0 Å². The smallest absolute Gasteiger partial charge is 0.336 e. The van der Waals surface area contributed by atoms with Gasteiger partial charge in [0.15, 0.2) is 5.78 Å². The van der Waals surface area contributed by atoms with Gasteiger partial charge in [-0.2, -0.15) is 11.3 Å². The molecule has 2 aliphatic rings. The van der Waals surface area contributed by atoms with E-state index in [0.29, 0.717) is 18.6 Å². The third-order valence-corrected chi connectivity index (χ3v) is 6.88. The molecular weight excluding hydrogens is 378 g/mol. The largest absolute Gasteiger partial charge is 0.463 e. The Labute approximate surface area is 166 Å². The normalized spacial score (nSPS) is 22.5. The highest BCUT2D eigenvalue weighted by atomic mass is 32.1. The van der Waals surface area contributed by atoms with Crippen LogP contribution < -0.4 is 5.32 Å². The van der Waals surface area contributed by atoms with E-state index in [-0.39, 0.29) is 23.6 Å². The molecule has 1 aliphatic carbocycles. The van der Waals surface area contributed by atoms with E-state index in [1.165, 1.54) is 4.88 Å². The Bertz CT molecular complexity index is 923. The number of ketones is 1. The second kappa shape index (κ2) is 7.44. The molecule has 0 fully saturated rings. The van der Waals surface area contributed by atoms with E-state index in [2.05, 4.69) is 16.8 Å². The first-order valence-electron chi connectivity index (χ1n) is 9.06. The van der Waals surface area contributed by atoms with Gasteiger partial charge in [0.05, 0.1) is 12.2 Å². The van der Waals surface area contributed by atoms with Gasteiger partial charge in [-0.25, -0.2) is 4.79 Å². The second-order valence-corrected chi connectivity index (χ2v) is 8.57. The minimum atomic E-state index is -0.349. The average Bonchev–Trinajstić information content (AvgIpc) is 3.34. The molecule has 0 unspecified atom stereocenters. The first-order valence-corrected chi connectivity index (χ1v) is 10.9. The lowest BCUT2D eigenvalue weighted by molar-refractivity contribution is -0.138. The quantitative estimate of drug-likeness (QED) is 0.755. The van der Waals surface area contributed by atoms with Gasteiger partial charge in [-0.05, 0) is 54.1 Å². The van der Waals surface area contributed by atoms with Crippen LogP contribution in [0.15, 0.2) is 56.9 Å². The second-order valence-electron chi connectivity index (χ2n) is 6.81. The summed E-state index contributed by atoms with van der Waals surface area (Å²) in [7, 11) is 0. The summed E-state index contributed by atoms with van der Waals surface area (Å²) < 4.78 is 5.31. The molecule has 0 saturated carbocycles. The van der Waals surface area contributed by atoms with Gasteiger partial charge in [-0.3, -0.25) is 4.79 Å². The molecule has 2 aromatic rings. The van der Waals surface area contributed by atoms with Crippen LogP contribution in [0.25, 0.3) is 0 Å². The minimum absolute atomic E-state index is 0.118. The Balaban J connectivity index is 1.78. The Hall–Kier alpha value is -2.18. The molecule has 4 nitrogen and oxygen atoms in total. The molecule has 2 atom stereocenters. The van der Waals surface area contributed by atoms with Crippen molar-refractivity contribution < 1.29 is 14.3 Å². The number of ether oxygens (including phenoxy) is 1. The van der Waals surface area contributed by atoms with Crippen molar-refractivity contribution in [3.05, 3.63) is 67.3 Å². The molecule has 3 heterocycles. The van der Waals surface area contributed by atoms with Crippen molar-refractivity contribution >= 4 is 34.4 Å². The lowest BCUT2D eigenvalue weighted by Crippen LogP contribution is -2.35. The summed E-state index contributed by atoms with van der Waals surface area (Å²) in [6.07, 6.45) is 1.27. The van der Waals surface area contributed by atoms with Crippen molar-refractivity contribution in [3.63, 3.8) is 0 Å². The van der Waals surface area contributed by atoms with Crippen LogP contribution in [-0.2, 0) is 14.3 Å². The van der Waals surface area contributed by atoms with E-state index in [0.717, 1.165) is 29.0 Å². The molecule has 0 saturated heterocycles. The molecule has 0 spiro atoms. The summed E-state index contributed by atoms with van der Waals surface area (Å²) >= 11 is 3.27. The molecule has 2 aromatic heterocycles. The summed E-state index contributed by atoms with van der Waals surface area (Å²) in [5.41, 5.74) is 4.00. The van der Waals surface area contributed by atoms with Crippen LogP contribution >= 0.6 is 22.7 Å². The zero-order valence-corrected chi connectivity index (χ0v) is 16.9. The Kier molecular flexibility index (Phi) is 5.02. The van der Waals surface area contributed by atoms with Gasteiger partial charge in [-0.1, -0.05) is 6.07 Å². The van der Waals surface area contributed by atoms with Gasteiger partial charge in [0.1, 0.15) is 0 Å². The summed E-state index contributed by atoms with van der Waals surface area (Å²) in [4.78, 5) is 27.1. The number of carbonyl (C=O) groups excluding carboxylic acids is 2. The molecule has 4 rings (SSSR count). The van der Waals surface area contributed by atoms with Crippen molar-refractivity contribution in [1.29, 1.82) is 0 Å². The molecule has 0 aromatic carbocycles. The molecule has 0 amide bonds. The topological polar surface area (TPSA) is 55.4 Å². The van der Waals surface area contributed by atoms with Crippen molar-refractivity contribution in [2.45, 2.75) is 38.5 Å². The standard InChI is InChI=1S/C21H21NO3S2/c1-3-25-21(24)18-12(2)22-15-9-14(17-5-4-7-27-17)10-16(23)20(15)19(18)13-6-8-26-11-13/h4-8,11,14,19,22H,3,9-10H2,1-2H3/t14-,19-/m0/s1. The predicted molar refractivity (Wildman–Crippen MR) is 108 cm³/mol. The van der Waals surface area contributed by atoms with Crippen LogP contribution in [-0.4, -0.2) is 18.4 Å². The number of Topliss-reactive ketones (excluding diaryl/α,β-unsaturated/α-hetero) is 1. The van der Waals surface area contributed by atoms with Crippen molar-refractivity contribution in [2.75, 3.05) is 6.61 Å². The van der Waals surface area contributed by atoms with Crippen LogP contribution in [0.4, 0.5) is 0 Å². The molecule has 27 heavy (non-hydrogen) atoms. The maximum Gasteiger partial charge on any atom is 0.336 e. The summed E-state index contributed by atoms with van der Waals surface area (Å²) in [6.45, 7) is 4.01. The molecule has 1 N–H and O–H groups in total. The van der Waals surface area contributed by atoms with Gasteiger partial charge in [0, 0.05) is 40.1 Å². The molecular formula is C21H21NO3S2. The first kappa shape index (κ1) is 18.2. The van der Waals surface area contributed by atoms with E-state index in [4.69, 9.17) is 4.74 Å². The molecule has 6 heteroatoms. The monoisotopic (exact) mass is 399 g/mol. The maximum atomic E-state index is 13.2. The van der Waals surface area contributed by atoms with Gasteiger partial charge in [-0.15, -0.1) is 11.3 Å². The van der Waals surface area contributed by atoms with Gasteiger partial charge >= 0.3 is 5.97 Å². The summed E-state index contributed by atoms with van der Waals surface area (Å²) in [5.74, 6) is -0.377. The van der Waals surface area contributed by atoms with Crippen molar-refractivity contribution in [1.82, 2.24) is 5.32 Å². The van der Waals surface area contributed by atoms with Crippen LogP contribution in [0, 0.1) is 0 Å². The lowest BCUT2D eigenvalue weighted by Gasteiger charge is -2.36. The van der Waals surface area contributed by atoms with Crippen molar-refractivity contribution in [2.24, 2.45) is 0 Å². The molecule has 0 bridgehead atoms. The van der Waals surface area contributed by atoms with E-state index >= 15 is 0 Å². The third kappa shape index (κ3) is 3.28. The minimum Gasteiger partial charge on any atom is -0.463 e. The summed E-state index contributed by atoms with van der Waals surface area (Å²) in [5, 5.41) is 9.42. The fourth-order valence-corrected chi connectivity index (χ4v) is 5.53. The summed E-state index contributed by atoms with van der Waals surface area (Å²) in [6, 6.07) is 6.12. The van der Waals surface area contributed by atoms with Crippen molar-refractivity contribution in [3.8, 4) is 0 Å². The SMILES string of the molecule is CCOC(=O)C1=C(C)NC2=C(C(=O)C[C@@H](c3cccs3)C2)[C@H]1c1ccsc1. The fraction of sp³-hybridized carbons (Fsp3) is 0.333. The Morgan fingerprint density at radius 1 is 1.30 bits per heavy atom. The van der Waals surface area contributed by atoms with E-state index in [1.807, 2.05) is 29.8 Å². The number of rotatable bonds is 4. The number of esters is 1. The zero-order valence-electron chi connectivity index (χ0n) is 15.3. The number of carbonyl (C=O) groups is 2. The van der Waals surface area contributed by atoms with Crippen LogP contribution in [0.2, 0.25) is 0 Å². The van der Waals surface area contributed by atoms with Crippen LogP contribution in [0.3, 0.4) is 0 Å². The number of hydrogen-bond acceptors (Lipinski definition) is 6. The van der Waals surface area contributed by atoms with Gasteiger partial charge in [0.25, 0.3) is 0 Å². The molecule has 0 radical (unpaired) electrons. The number of thiophene rings is 2. The highest BCUT2D eigenvalue weighted by Gasteiger charge is 2.41. The number of allylic oxidation sites excluding steroid dienone is 3. The highest BCUT2D eigenvalue weighted by Crippen LogP contribution is 2.46. The molecule has 140 valence electrons. The van der Waals surface area contributed by atoms with E-state index in [1.54, 1.807) is 29.6 Å². The fourth-order valence-electron chi connectivity index (χ4n) is 4.02. The number of hydrogen-bond donors (Lipinski definition) is 1. The zero-order chi connectivity index (χ0) is 19.0. The van der Waals surface area contributed by atoms with Gasteiger partial charge < -0.3 is 10.1 Å². The third-order valence-electron chi connectivity index (χ3n) is 5.15. The Morgan fingerprint density at radius 3 is 2.81 bits per heavy atom. The highest BCUT2D eigenvalue weighted by molar-refractivity contribution is 7.10. The van der Waals surface area contributed by atoms with E-state index < -0.39 is 0 Å². The molecule has 1 aliphatic heterocycles. The lowest BCUT2D eigenvalue weighted by atomic mass is 9.73. The Morgan fingerprint density at radius 2 is 2.15 bits per heavy atom. The first-order chi connectivity index (χ1) is 13.1. The maximum absolute atomic E-state index is 13.2. The predicted octanol–water partition coefficient (Wildman–Crippen LogP) is 4.73.